The summed E-state index contributed by atoms with van der Waals surface area (Å²) in [6, 6.07) is 7.95. The van der Waals surface area contributed by atoms with Gasteiger partial charge in [0.15, 0.2) is 6.10 Å². The van der Waals surface area contributed by atoms with Gasteiger partial charge in [-0.25, -0.2) is 0 Å². The third-order valence-corrected chi connectivity index (χ3v) is 4.64. The van der Waals surface area contributed by atoms with E-state index < -0.39 is 37.0 Å². The van der Waals surface area contributed by atoms with E-state index in [2.05, 4.69) is 0 Å². The fraction of sp³-hybridized carbons (Fsp3) is 0.647. The molecule has 0 spiro atoms. The van der Waals surface area contributed by atoms with E-state index in [1.807, 2.05) is 0 Å². The minimum atomic E-state index is -4.80. The second kappa shape index (κ2) is 7.95. The average Bonchev–Trinajstić information content (AvgIpc) is 2.53. The van der Waals surface area contributed by atoms with Gasteiger partial charge in [0.2, 0.25) is 0 Å². The standard InChI is InChI=1S/C17H21F6NO/c18-16(19,20)13-7-4-8-14(9-13)24(11-15(25)17(21,22)23)10-12-5-2-1-3-6-12/h1-3,5-6,13-15,25H,4,7-11H2. The molecule has 1 saturated carbocycles. The summed E-state index contributed by atoms with van der Waals surface area (Å²) in [6.07, 6.45) is -11.3. The minimum Gasteiger partial charge on any atom is -0.382 e. The molecule has 1 aliphatic carbocycles. The van der Waals surface area contributed by atoms with Gasteiger partial charge in [-0.1, -0.05) is 36.8 Å². The second-order valence-corrected chi connectivity index (χ2v) is 6.53. The van der Waals surface area contributed by atoms with Gasteiger partial charge in [-0.3, -0.25) is 4.90 Å². The summed E-state index contributed by atoms with van der Waals surface area (Å²) in [4.78, 5) is 1.34. The van der Waals surface area contributed by atoms with Crippen LogP contribution in [0.5, 0.6) is 0 Å². The Balaban J connectivity index is 2.15. The fourth-order valence-corrected chi connectivity index (χ4v) is 3.28. The Bertz CT molecular complexity index is 530. The van der Waals surface area contributed by atoms with Gasteiger partial charge < -0.3 is 5.11 Å². The molecule has 0 heterocycles. The average molecular weight is 369 g/mol. The van der Waals surface area contributed by atoms with E-state index in [9.17, 15) is 31.4 Å². The van der Waals surface area contributed by atoms with E-state index >= 15 is 0 Å². The molecule has 0 radical (unpaired) electrons. The van der Waals surface area contributed by atoms with Crippen LogP contribution in [-0.4, -0.2) is 41.0 Å². The second-order valence-electron chi connectivity index (χ2n) is 6.53. The molecule has 3 atom stereocenters. The van der Waals surface area contributed by atoms with Gasteiger partial charge in [0.25, 0.3) is 0 Å². The van der Waals surface area contributed by atoms with E-state index in [0.29, 0.717) is 18.4 Å². The maximum atomic E-state index is 13.0. The Morgan fingerprint density at radius 2 is 1.68 bits per heavy atom. The van der Waals surface area contributed by atoms with Gasteiger partial charge in [-0.2, -0.15) is 26.3 Å². The van der Waals surface area contributed by atoms with Crippen molar-refractivity contribution in [3.63, 3.8) is 0 Å². The molecule has 1 aliphatic rings. The van der Waals surface area contributed by atoms with Crippen molar-refractivity contribution in [2.45, 2.75) is 56.7 Å². The first kappa shape index (κ1) is 20.0. The zero-order valence-corrected chi connectivity index (χ0v) is 13.5. The summed E-state index contributed by atoms with van der Waals surface area (Å²) in [7, 11) is 0. The third kappa shape index (κ3) is 5.88. The van der Waals surface area contributed by atoms with Crippen LogP contribution in [0.3, 0.4) is 0 Å². The van der Waals surface area contributed by atoms with Crippen molar-refractivity contribution in [2.75, 3.05) is 6.54 Å². The van der Waals surface area contributed by atoms with Crippen LogP contribution in [0.15, 0.2) is 30.3 Å². The molecule has 0 amide bonds. The lowest BCUT2D eigenvalue weighted by atomic mass is 9.84. The first-order valence-corrected chi connectivity index (χ1v) is 8.17. The topological polar surface area (TPSA) is 23.5 Å². The number of aliphatic hydroxyl groups excluding tert-OH is 1. The van der Waals surface area contributed by atoms with Crippen molar-refractivity contribution >= 4 is 0 Å². The fourth-order valence-electron chi connectivity index (χ4n) is 3.28. The highest BCUT2D eigenvalue weighted by atomic mass is 19.4. The smallest absolute Gasteiger partial charge is 0.382 e. The van der Waals surface area contributed by atoms with Crippen LogP contribution in [0.1, 0.15) is 31.2 Å². The zero-order chi connectivity index (χ0) is 18.7. The van der Waals surface area contributed by atoms with Crippen LogP contribution >= 0.6 is 0 Å². The minimum absolute atomic E-state index is 0.000993. The number of alkyl halides is 6. The SMILES string of the molecule is OC(CN(Cc1ccccc1)C1CCCC(C(F)(F)F)C1)C(F)(F)F. The van der Waals surface area contributed by atoms with Gasteiger partial charge >= 0.3 is 12.4 Å². The van der Waals surface area contributed by atoms with Gasteiger partial charge in [-0.15, -0.1) is 0 Å². The Kier molecular flexibility index (Phi) is 6.37. The molecule has 142 valence electrons. The molecule has 1 aromatic rings. The van der Waals surface area contributed by atoms with Crippen molar-refractivity contribution in [1.82, 2.24) is 4.90 Å². The zero-order valence-electron chi connectivity index (χ0n) is 13.5. The molecular formula is C17H21F6NO. The molecule has 0 aromatic heterocycles. The predicted octanol–water partition coefficient (Wildman–Crippen LogP) is 4.53. The maximum absolute atomic E-state index is 13.0. The largest absolute Gasteiger partial charge is 0.415 e. The van der Waals surface area contributed by atoms with Crippen LogP contribution in [0.4, 0.5) is 26.3 Å². The van der Waals surface area contributed by atoms with Gasteiger partial charge in [0.05, 0.1) is 5.92 Å². The van der Waals surface area contributed by atoms with E-state index in [0.717, 1.165) is 0 Å². The molecule has 0 aliphatic heterocycles. The van der Waals surface area contributed by atoms with E-state index in [-0.39, 0.29) is 19.4 Å². The highest BCUT2D eigenvalue weighted by Crippen LogP contribution is 2.39. The Hall–Kier alpha value is -1.28. The first-order valence-electron chi connectivity index (χ1n) is 8.17. The first-order chi connectivity index (χ1) is 11.6. The number of nitrogens with zero attached hydrogens (tertiary/aromatic N) is 1. The molecule has 2 rings (SSSR count). The van der Waals surface area contributed by atoms with Crippen LogP contribution in [-0.2, 0) is 6.54 Å². The Morgan fingerprint density at radius 1 is 1.04 bits per heavy atom. The van der Waals surface area contributed by atoms with Gasteiger partial charge in [-0.05, 0) is 24.8 Å². The van der Waals surface area contributed by atoms with Crippen LogP contribution in [0.2, 0.25) is 0 Å². The predicted molar refractivity (Wildman–Crippen MR) is 80.7 cm³/mol. The van der Waals surface area contributed by atoms with E-state index in [4.69, 9.17) is 0 Å². The Labute approximate surface area is 142 Å². The lowest BCUT2D eigenvalue weighted by Gasteiger charge is -2.39. The van der Waals surface area contributed by atoms with Gasteiger partial charge in [0.1, 0.15) is 0 Å². The van der Waals surface area contributed by atoms with Crippen LogP contribution < -0.4 is 0 Å². The molecule has 1 fully saturated rings. The summed E-state index contributed by atoms with van der Waals surface area (Å²) in [6.45, 7) is -0.656. The van der Waals surface area contributed by atoms with Crippen molar-refractivity contribution in [1.29, 1.82) is 0 Å². The van der Waals surface area contributed by atoms with Gasteiger partial charge in [0, 0.05) is 19.1 Å². The number of halogens is 6. The molecule has 8 heteroatoms. The van der Waals surface area contributed by atoms with Crippen molar-refractivity contribution in [3.05, 3.63) is 35.9 Å². The molecule has 0 bridgehead atoms. The summed E-state index contributed by atoms with van der Waals surface area (Å²) in [5.74, 6) is -1.51. The maximum Gasteiger partial charge on any atom is 0.415 e. The van der Waals surface area contributed by atoms with Crippen molar-refractivity contribution in [3.8, 4) is 0 Å². The van der Waals surface area contributed by atoms with E-state index in [1.54, 1.807) is 30.3 Å². The molecule has 1 aromatic carbocycles. The van der Waals surface area contributed by atoms with E-state index in [1.165, 1.54) is 4.90 Å². The highest BCUT2D eigenvalue weighted by molar-refractivity contribution is 5.14. The Morgan fingerprint density at radius 3 is 2.24 bits per heavy atom. The number of benzene rings is 1. The molecule has 1 N–H and O–H groups in total. The number of rotatable bonds is 5. The summed E-state index contributed by atoms with van der Waals surface area (Å²) >= 11 is 0. The molecular weight excluding hydrogens is 348 g/mol. The van der Waals surface area contributed by atoms with Crippen molar-refractivity contribution in [2.24, 2.45) is 5.92 Å². The normalized spacial score (nSPS) is 23.7. The number of hydrogen-bond donors (Lipinski definition) is 1. The van der Waals surface area contributed by atoms with Crippen LogP contribution in [0.25, 0.3) is 0 Å². The lowest BCUT2D eigenvalue weighted by molar-refractivity contribution is -0.213. The quantitative estimate of drug-likeness (QED) is 0.771. The highest BCUT2D eigenvalue weighted by Gasteiger charge is 2.45. The third-order valence-electron chi connectivity index (χ3n) is 4.64. The van der Waals surface area contributed by atoms with Crippen LogP contribution in [0, 0.1) is 5.92 Å². The summed E-state index contributed by atoms with van der Waals surface area (Å²) < 4.78 is 77.2. The molecule has 0 saturated heterocycles. The number of hydrogen-bond acceptors (Lipinski definition) is 2. The number of aliphatic hydroxyl groups is 1. The lowest BCUT2D eigenvalue weighted by Crippen LogP contribution is -2.47. The van der Waals surface area contributed by atoms with Crippen molar-refractivity contribution < 1.29 is 31.4 Å². The molecule has 25 heavy (non-hydrogen) atoms. The monoisotopic (exact) mass is 369 g/mol. The molecule has 3 unspecified atom stereocenters. The molecule has 2 nitrogen and oxygen atoms in total. The summed E-state index contributed by atoms with van der Waals surface area (Å²) in [5, 5.41) is 9.40. The summed E-state index contributed by atoms with van der Waals surface area (Å²) in [5.41, 5.74) is 0.700.